The van der Waals surface area contributed by atoms with E-state index in [0.717, 1.165) is 77.3 Å². The van der Waals surface area contributed by atoms with Crippen molar-refractivity contribution in [3.8, 4) is 11.3 Å². The molecule has 2 aliphatic rings. The van der Waals surface area contributed by atoms with Gasteiger partial charge in [0.1, 0.15) is 0 Å². The third kappa shape index (κ3) is 6.74. The van der Waals surface area contributed by atoms with E-state index in [1.54, 1.807) is 7.11 Å². The van der Waals surface area contributed by atoms with Crippen LogP contribution in [0.2, 0.25) is 0 Å². The molecule has 1 atom stereocenters. The van der Waals surface area contributed by atoms with Crippen LogP contribution in [-0.2, 0) is 4.74 Å². The summed E-state index contributed by atoms with van der Waals surface area (Å²) < 4.78 is 43.1. The number of aromatic nitrogens is 1. The highest BCUT2D eigenvalue weighted by Gasteiger charge is 2.26. The Bertz CT molecular complexity index is 1130. The highest BCUT2D eigenvalue weighted by molar-refractivity contribution is 6.12. The van der Waals surface area contributed by atoms with E-state index in [-0.39, 0.29) is 12.5 Å². The average molecular weight is 484 g/mol. The molecule has 0 spiro atoms. The lowest BCUT2D eigenvalue weighted by atomic mass is 9.96. The van der Waals surface area contributed by atoms with Crippen molar-refractivity contribution in [1.29, 1.82) is 0 Å². The van der Waals surface area contributed by atoms with Gasteiger partial charge < -0.3 is 10.1 Å². The number of alkyl halides is 3. The molecule has 0 bridgehead atoms. The van der Waals surface area contributed by atoms with Crippen molar-refractivity contribution >= 4 is 23.6 Å². The number of ether oxygens (including phenoxy) is 1. The van der Waals surface area contributed by atoms with Crippen molar-refractivity contribution in [3.63, 3.8) is 0 Å². The lowest BCUT2D eigenvalue weighted by Gasteiger charge is -2.18. The summed E-state index contributed by atoms with van der Waals surface area (Å²) in [7, 11) is 1.71. The Morgan fingerprint density at radius 3 is 2.83 bits per heavy atom. The summed E-state index contributed by atoms with van der Waals surface area (Å²) in [4.78, 5) is 9.52. The summed E-state index contributed by atoms with van der Waals surface area (Å²) in [5.41, 5.74) is 6.86. The lowest BCUT2D eigenvalue weighted by molar-refractivity contribution is -0.135. The van der Waals surface area contributed by atoms with Crippen LogP contribution < -0.4 is 5.32 Å². The van der Waals surface area contributed by atoms with Gasteiger partial charge in [-0.25, -0.2) is 0 Å². The van der Waals surface area contributed by atoms with Crippen LogP contribution in [-0.4, -0.2) is 37.1 Å². The molecule has 35 heavy (non-hydrogen) atoms. The monoisotopic (exact) mass is 483 g/mol. The average Bonchev–Trinajstić information content (AvgIpc) is 3.04. The summed E-state index contributed by atoms with van der Waals surface area (Å²) in [6.45, 7) is 2.83. The van der Waals surface area contributed by atoms with E-state index in [0.29, 0.717) is 6.42 Å². The van der Waals surface area contributed by atoms with E-state index in [1.165, 1.54) is 0 Å². The maximum absolute atomic E-state index is 12.5. The molecule has 2 aliphatic heterocycles. The van der Waals surface area contributed by atoms with Gasteiger partial charge in [0.25, 0.3) is 0 Å². The zero-order valence-electron chi connectivity index (χ0n) is 20.3. The number of pyridine rings is 1. The maximum Gasteiger partial charge on any atom is 0.389 e. The summed E-state index contributed by atoms with van der Waals surface area (Å²) in [6, 6.07) is 10.2. The number of rotatable bonds is 6. The Kier molecular flexibility index (Phi) is 7.93. The molecule has 4 rings (SSSR count). The lowest BCUT2D eigenvalue weighted by Crippen LogP contribution is -2.10. The van der Waals surface area contributed by atoms with Crippen LogP contribution in [0.5, 0.6) is 0 Å². The number of aliphatic imine (C=N–C) groups is 1. The van der Waals surface area contributed by atoms with Crippen molar-refractivity contribution in [1.82, 2.24) is 4.98 Å². The standard InChI is InChI=1S/C28H32F3N3O/c1-19-10-13-25(22-6-3-7-23(33-18-22)8-4-14-28(29,30)31)27(34-19)21-12-11-20-16-24(35-2)9-5-15-32-26(20)17-21/h6,10-13,16-18,23,32H,3-5,7-9,14-15H2,1-2H3. The summed E-state index contributed by atoms with van der Waals surface area (Å²) in [6.07, 6.45) is 5.15. The summed E-state index contributed by atoms with van der Waals surface area (Å²) in [5.74, 6) is 0.972. The molecule has 1 unspecified atom stereocenters. The largest absolute Gasteiger partial charge is 0.501 e. The Morgan fingerprint density at radius 1 is 1.17 bits per heavy atom. The second-order valence-corrected chi connectivity index (χ2v) is 9.17. The molecule has 0 saturated heterocycles. The first kappa shape index (κ1) is 25.0. The number of hydrogen-bond donors (Lipinski definition) is 1. The third-order valence-corrected chi connectivity index (χ3v) is 6.45. The Balaban J connectivity index is 1.61. The van der Waals surface area contributed by atoms with E-state index in [9.17, 15) is 13.2 Å². The van der Waals surface area contributed by atoms with Gasteiger partial charge in [0.05, 0.1) is 24.6 Å². The number of nitrogens with one attached hydrogen (secondary N) is 1. The normalized spacial score (nSPS) is 18.4. The van der Waals surface area contributed by atoms with Crippen molar-refractivity contribution in [3.05, 3.63) is 59.0 Å². The zero-order valence-corrected chi connectivity index (χ0v) is 20.3. The van der Waals surface area contributed by atoms with Gasteiger partial charge in [0.2, 0.25) is 0 Å². The second-order valence-electron chi connectivity index (χ2n) is 9.17. The number of fused-ring (bicyclic) bond motifs is 1. The fourth-order valence-corrected chi connectivity index (χ4v) is 4.57. The van der Waals surface area contributed by atoms with Crippen molar-refractivity contribution in [2.24, 2.45) is 4.99 Å². The number of anilines is 1. The molecule has 0 radical (unpaired) electrons. The zero-order chi connectivity index (χ0) is 24.8. The number of halogens is 3. The Hall–Kier alpha value is -3.09. The number of nitrogens with zero attached hydrogens (tertiary/aromatic N) is 2. The Morgan fingerprint density at radius 2 is 2.03 bits per heavy atom. The van der Waals surface area contributed by atoms with Crippen molar-refractivity contribution in [2.75, 3.05) is 19.0 Å². The van der Waals surface area contributed by atoms with Crippen LogP contribution >= 0.6 is 0 Å². The number of benzene rings is 1. The number of hydrogen-bond acceptors (Lipinski definition) is 4. The highest BCUT2D eigenvalue weighted by atomic mass is 19.4. The van der Waals surface area contributed by atoms with Crippen LogP contribution in [0.15, 0.2) is 47.2 Å². The molecule has 4 nitrogen and oxygen atoms in total. The van der Waals surface area contributed by atoms with Gasteiger partial charge in [-0.3, -0.25) is 9.98 Å². The fourth-order valence-electron chi connectivity index (χ4n) is 4.57. The Labute approximate surface area is 205 Å². The predicted molar refractivity (Wildman–Crippen MR) is 137 cm³/mol. The van der Waals surface area contributed by atoms with Crippen LogP contribution in [0, 0.1) is 6.92 Å². The van der Waals surface area contributed by atoms with Gasteiger partial charge in [-0.05, 0) is 62.8 Å². The van der Waals surface area contributed by atoms with E-state index < -0.39 is 12.6 Å². The second kappa shape index (κ2) is 11.1. The molecule has 0 fully saturated rings. The smallest absolute Gasteiger partial charge is 0.389 e. The molecule has 2 aromatic rings. The fraction of sp³-hybridized carbons (Fsp3) is 0.429. The minimum absolute atomic E-state index is 0.0876. The number of allylic oxidation sites excluding steroid dienone is 3. The molecule has 186 valence electrons. The molecule has 0 amide bonds. The topological polar surface area (TPSA) is 46.5 Å². The van der Waals surface area contributed by atoms with Gasteiger partial charge in [-0.1, -0.05) is 24.3 Å². The molecule has 7 heteroatoms. The van der Waals surface area contributed by atoms with Crippen LogP contribution in [0.25, 0.3) is 22.9 Å². The molecular formula is C28H32F3N3O. The molecule has 1 N–H and O–H groups in total. The van der Waals surface area contributed by atoms with Gasteiger partial charge in [0, 0.05) is 53.7 Å². The SMILES string of the molecule is COC1=Cc2ccc(-c3nc(C)ccc3C3=CCCC(CCCC(F)(F)F)N=C3)cc2NCCC1. The first-order valence-corrected chi connectivity index (χ1v) is 12.2. The molecular weight excluding hydrogens is 451 g/mol. The van der Waals surface area contributed by atoms with Gasteiger partial charge in [-0.2, -0.15) is 13.2 Å². The quantitative estimate of drug-likeness (QED) is 0.460. The van der Waals surface area contributed by atoms with Crippen LogP contribution in [0.3, 0.4) is 0 Å². The first-order chi connectivity index (χ1) is 16.8. The van der Waals surface area contributed by atoms with E-state index in [2.05, 4.69) is 46.7 Å². The first-order valence-electron chi connectivity index (χ1n) is 12.2. The molecule has 3 heterocycles. The molecule has 0 saturated carbocycles. The van der Waals surface area contributed by atoms with Gasteiger partial charge >= 0.3 is 6.18 Å². The maximum atomic E-state index is 12.5. The minimum atomic E-state index is -4.11. The summed E-state index contributed by atoms with van der Waals surface area (Å²) >= 11 is 0. The van der Waals surface area contributed by atoms with Crippen LogP contribution in [0.4, 0.5) is 18.9 Å². The van der Waals surface area contributed by atoms with Crippen LogP contribution in [0.1, 0.15) is 61.8 Å². The van der Waals surface area contributed by atoms with Crippen molar-refractivity contribution in [2.45, 2.75) is 64.1 Å². The van der Waals surface area contributed by atoms with Gasteiger partial charge in [0.15, 0.2) is 0 Å². The molecule has 1 aromatic carbocycles. The minimum Gasteiger partial charge on any atom is -0.501 e. The van der Waals surface area contributed by atoms with E-state index in [1.807, 2.05) is 19.2 Å². The number of aryl methyl sites for hydroxylation is 1. The van der Waals surface area contributed by atoms with Gasteiger partial charge in [-0.15, -0.1) is 0 Å². The predicted octanol–water partition coefficient (Wildman–Crippen LogP) is 7.60. The van der Waals surface area contributed by atoms with Crippen molar-refractivity contribution < 1.29 is 17.9 Å². The molecule has 1 aromatic heterocycles. The highest BCUT2D eigenvalue weighted by Crippen LogP contribution is 2.33. The summed E-state index contributed by atoms with van der Waals surface area (Å²) in [5, 5.41) is 3.53. The van der Waals surface area contributed by atoms with E-state index in [4.69, 9.17) is 9.72 Å². The third-order valence-electron chi connectivity index (χ3n) is 6.45. The van der Waals surface area contributed by atoms with E-state index >= 15 is 0 Å². The molecule has 0 aliphatic carbocycles. The number of methoxy groups -OCH3 is 1.